The highest BCUT2D eigenvalue weighted by Gasteiger charge is 2.03. The van der Waals surface area contributed by atoms with E-state index in [4.69, 9.17) is 4.52 Å². The van der Waals surface area contributed by atoms with Crippen LogP contribution < -0.4 is 10.6 Å². The van der Waals surface area contributed by atoms with Crippen LogP contribution in [0.4, 0.5) is 0 Å². The molecule has 0 aliphatic rings. The van der Waals surface area contributed by atoms with Crippen LogP contribution in [0.25, 0.3) is 0 Å². The van der Waals surface area contributed by atoms with Crippen molar-refractivity contribution in [1.82, 2.24) is 20.8 Å². The number of aryl methyl sites for hydroxylation is 1. The number of hydrogen-bond donors (Lipinski definition) is 2. The topological polar surface area (TPSA) is 75.3 Å². The molecule has 0 unspecified atom stereocenters. The van der Waals surface area contributed by atoms with Crippen molar-refractivity contribution >= 4 is 17.3 Å². The fraction of sp³-hybridized carbons (Fsp3) is 0.417. The van der Waals surface area contributed by atoms with Gasteiger partial charge in [-0.2, -0.15) is 4.98 Å². The van der Waals surface area contributed by atoms with Crippen molar-refractivity contribution in [3.8, 4) is 0 Å². The average Bonchev–Trinajstić information content (AvgIpc) is 3.04. The average molecular weight is 279 g/mol. The summed E-state index contributed by atoms with van der Waals surface area (Å²) in [5.41, 5.74) is 0. The normalized spacial score (nSPS) is 11.6. The third kappa shape index (κ3) is 4.36. The van der Waals surface area contributed by atoms with Gasteiger partial charge in [0.15, 0.2) is 11.8 Å². The standard InChI is InChI=1S/C12H17N5OS/c1-3-13-12(14-7-10-5-4-6-19-10)15-8-11-16-9(2)18-17-11/h4-6H,3,7-8H2,1-2H3,(H2,13,14,15). The van der Waals surface area contributed by atoms with Crippen LogP contribution in [0.15, 0.2) is 27.0 Å². The number of aliphatic imine (C=N–C) groups is 1. The maximum atomic E-state index is 4.91. The molecule has 0 amide bonds. The number of aromatic nitrogens is 2. The Morgan fingerprint density at radius 3 is 3.00 bits per heavy atom. The maximum Gasteiger partial charge on any atom is 0.223 e. The van der Waals surface area contributed by atoms with Crippen molar-refractivity contribution in [3.05, 3.63) is 34.1 Å². The molecule has 2 N–H and O–H groups in total. The van der Waals surface area contributed by atoms with Gasteiger partial charge in [-0.05, 0) is 18.4 Å². The van der Waals surface area contributed by atoms with Crippen LogP contribution in [0.2, 0.25) is 0 Å². The lowest BCUT2D eigenvalue weighted by Crippen LogP contribution is -2.36. The highest BCUT2D eigenvalue weighted by molar-refractivity contribution is 7.09. The van der Waals surface area contributed by atoms with Gasteiger partial charge in [0.2, 0.25) is 5.89 Å². The number of hydrogen-bond acceptors (Lipinski definition) is 5. The van der Waals surface area contributed by atoms with Gasteiger partial charge in [-0.25, -0.2) is 4.99 Å². The summed E-state index contributed by atoms with van der Waals surface area (Å²) in [4.78, 5) is 9.79. The number of rotatable bonds is 5. The minimum Gasteiger partial charge on any atom is -0.357 e. The molecule has 2 heterocycles. The van der Waals surface area contributed by atoms with Crippen LogP contribution in [0, 0.1) is 6.92 Å². The quantitative estimate of drug-likeness (QED) is 0.643. The predicted molar refractivity (Wildman–Crippen MR) is 75.0 cm³/mol. The molecule has 0 spiro atoms. The Bertz CT molecular complexity index is 520. The van der Waals surface area contributed by atoms with E-state index < -0.39 is 0 Å². The molecule has 0 aliphatic heterocycles. The van der Waals surface area contributed by atoms with Gasteiger partial charge in [-0.1, -0.05) is 11.2 Å². The zero-order chi connectivity index (χ0) is 13.5. The molecule has 0 atom stereocenters. The molecule has 0 saturated heterocycles. The van der Waals surface area contributed by atoms with Crippen molar-refractivity contribution < 1.29 is 4.52 Å². The molecule has 0 fully saturated rings. The molecule has 6 nitrogen and oxygen atoms in total. The minimum absolute atomic E-state index is 0.400. The number of guanidine groups is 1. The van der Waals surface area contributed by atoms with Gasteiger partial charge in [-0.3, -0.25) is 0 Å². The summed E-state index contributed by atoms with van der Waals surface area (Å²) in [6, 6.07) is 4.12. The van der Waals surface area contributed by atoms with Crippen LogP contribution in [-0.2, 0) is 13.1 Å². The van der Waals surface area contributed by atoms with E-state index >= 15 is 0 Å². The molecule has 2 rings (SSSR count). The third-order valence-electron chi connectivity index (χ3n) is 2.30. The first-order valence-corrected chi connectivity index (χ1v) is 6.99. The summed E-state index contributed by atoms with van der Waals surface area (Å²) in [6.45, 7) is 5.76. The van der Waals surface area contributed by atoms with Crippen LogP contribution in [0.3, 0.4) is 0 Å². The van der Waals surface area contributed by atoms with Crippen LogP contribution in [-0.4, -0.2) is 22.6 Å². The van der Waals surface area contributed by atoms with E-state index in [-0.39, 0.29) is 0 Å². The Morgan fingerprint density at radius 1 is 1.47 bits per heavy atom. The molecule has 19 heavy (non-hydrogen) atoms. The van der Waals surface area contributed by atoms with Gasteiger partial charge in [0.05, 0.1) is 6.54 Å². The molecule has 0 aliphatic carbocycles. The Hall–Kier alpha value is -1.89. The van der Waals surface area contributed by atoms with Crippen molar-refractivity contribution in [2.24, 2.45) is 4.99 Å². The first-order chi connectivity index (χ1) is 9.28. The Balaban J connectivity index is 1.90. The minimum atomic E-state index is 0.400. The van der Waals surface area contributed by atoms with E-state index in [1.54, 1.807) is 18.3 Å². The van der Waals surface area contributed by atoms with Crippen molar-refractivity contribution in [1.29, 1.82) is 0 Å². The summed E-state index contributed by atoms with van der Waals surface area (Å²) >= 11 is 1.72. The SMILES string of the molecule is CCNC(=NCc1noc(C)n1)NCc1cccs1. The lowest BCUT2D eigenvalue weighted by molar-refractivity contribution is 0.387. The summed E-state index contributed by atoms with van der Waals surface area (Å²) in [5, 5.41) is 12.3. The zero-order valence-electron chi connectivity index (χ0n) is 11.0. The van der Waals surface area contributed by atoms with E-state index in [1.807, 2.05) is 13.0 Å². The second-order valence-electron chi connectivity index (χ2n) is 3.86. The zero-order valence-corrected chi connectivity index (χ0v) is 11.8. The molecular weight excluding hydrogens is 262 g/mol. The molecule has 2 aromatic rings. The monoisotopic (exact) mass is 279 g/mol. The molecule has 0 aromatic carbocycles. The fourth-order valence-electron chi connectivity index (χ4n) is 1.48. The lowest BCUT2D eigenvalue weighted by atomic mass is 10.4. The van der Waals surface area contributed by atoms with E-state index in [0.717, 1.165) is 19.0 Å². The number of thiophene rings is 1. The second kappa shape index (κ2) is 6.89. The van der Waals surface area contributed by atoms with Crippen LogP contribution in [0.1, 0.15) is 23.5 Å². The van der Waals surface area contributed by atoms with Gasteiger partial charge in [0.25, 0.3) is 0 Å². The van der Waals surface area contributed by atoms with E-state index in [9.17, 15) is 0 Å². The predicted octanol–water partition coefficient (Wildman–Crippen LogP) is 1.69. The Labute approximate surface area is 115 Å². The first-order valence-electron chi connectivity index (χ1n) is 6.11. The molecule has 0 radical (unpaired) electrons. The molecular formula is C12H17N5OS. The first kappa shape index (κ1) is 13.5. The molecule has 0 saturated carbocycles. The lowest BCUT2D eigenvalue weighted by Gasteiger charge is -2.09. The Morgan fingerprint density at radius 2 is 2.37 bits per heavy atom. The third-order valence-corrected chi connectivity index (χ3v) is 3.18. The molecule has 102 valence electrons. The fourth-order valence-corrected chi connectivity index (χ4v) is 2.13. The van der Waals surface area contributed by atoms with Crippen LogP contribution in [0.5, 0.6) is 0 Å². The summed E-state index contributed by atoms with van der Waals surface area (Å²) < 4.78 is 4.91. The van der Waals surface area contributed by atoms with Gasteiger partial charge < -0.3 is 15.2 Å². The van der Waals surface area contributed by atoms with Gasteiger partial charge in [-0.15, -0.1) is 11.3 Å². The van der Waals surface area contributed by atoms with Crippen molar-refractivity contribution in [2.45, 2.75) is 26.9 Å². The summed E-state index contributed by atoms with van der Waals surface area (Å²) in [6.07, 6.45) is 0. The smallest absolute Gasteiger partial charge is 0.223 e. The van der Waals surface area contributed by atoms with Crippen molar-refractivity contribution in [2.75, 3.05) is 6.54 Å². The molecule has 7 heteroatoms. The van der Waals surface area contributed by atoms with Crippen molar-refractivity contribution in [3.63, 3.8) is 0 Å². The summed E-state index contributed by atoms with van der Waals surface area (Å²) in [5.74, 6) is 1.89. The van der Waals surface area contributed by atoms with Crippen LogP contribution >= 0.6 is 11.3 Å². The van der Waals surface area contributed by atoms with E-state index in [1.165, 1.54) is 4.88 Å². The molecule has 0 bridgehead atoms. The van der Waals surface area contributed by atoms with Gasteiger partial charge >= 0.3 is 0 Å². The Kier molecular flexibility index (Phi) is 4.91. The highest BCUT2D eigenvalue weighted by atomic mass is 32.1. The van der Waals surface area contributed by atoms with Gasteiger partial charge in [0, 0.05) is 18.3 Å². The molecule has 2 aromatic heterocycles. The van der Waals surface area contributed by atoms with E-state index in [2.05, 4.69) is 37.2 Å². The highest BCUT2D eigenvalue weighted by Crippen LogP contribution is 2.07. The second-order valence-corrected chi connectivity index (χ2v) is 4.89. The number of nitrogens with zero attached hydrogens (tertiary/aromatic N) is 3. The van der Waals surface area contributed by atoms with Gasteiger partial charge in [0.1, 0.15) is 6.54 Å². The maximum absolute atomic E-state index is 4.91. The summed E-state index contributed by atoms with van der Waals surface area (Å²) in [7, 11) is 0. The largest absolute Gasteiger partial charge is 0.357 e. The van der Waals surface area contributed by atoms with E-state index in [0.29, 0.717) is 18.3 Å². The number of nitrogens with one attached hydrogen (secondary N) is 2.